The maximum absolute atomic E-state index is 13.2. The Morgan fingerprint density at radius 3 is 2.40 bits per heavy atom. The van der Waals surface area contributed by atoms with Crippen molar-refractivity contribution in [2.75, 3.05) is 13.2 Å². The first kappa shape index (κ1) is 30.6. The fourth-order valence-corrected chi connectivity index (χ4v) is 7.07. The number of fused-ring (bicyclic) bond motifs is 5. The number of benzene rings is 3. The van der Waals surface area contributed by atoms with E-state index in [1.54, 1.807) is 12.1 Å². The number of ketones is 1. The number of aliphatic carboxylic acids is 1. The first-order valence-electron chi connectivity index (χ1n) is 16.5. The number of hydrogen-bond acceptors (Lipinski definition) is 4. The molecule has 2 heterocycles. The summed E-state index contributed by atoms with van der Waals surface area (Å²) in [6.45, 7) is 1.90. The minimum Gasteiger partial charge on any atom is -0.491 e. The number of rotatable bonds is 12. The van der Waals surface area contributed by atoms with E-state index in [2.05, 4.69) is 40.2 Å². The number of unbranched alkanes of at least 4 members (excludes halogenated alkanes) is 2. The van der Waals surface area contributed by atoms with Gasteiger partial charge >= 0.3 is 5.97 Å². The lowest BCUT2D eigenvalue weighted by Gasteiger charge is -2.23. The molecule has 1 amide bonds. The summed E-state index contributed by atoms with van der Waals surface area (Å²) < 4.78 is 8.54. The molecule has 3 aromatic carbocycles. The maximum Gasteiger partial charge on any atom is 0.307 e. The second-order valence-electron chi connectivity index (χ2n) is 12.5. The van der Waals surface area contributed by atoms with Crippen molar-refractivity contribution >= 4 is 28.6 Å². The third-order valence-corrected chi connectivity index (χ3v) is 9.29. The Morgan fingerprint density at radius 1 is 0.867 bits per heavy atom. The molecular weight excluding hydrogens is 564 g/mol. The molecule has 0 spiro atoms. The number of hydrogen-bond donors (Lipinski definition) is 2. The first-order valence-corrected chi connectivity index (χ1v) is 16.5. The van der Waals surface area contributed by atoms with Gasteiger partial charge in [0, 0.05) is 41.4 Å². The lowest BCUT2D eigenvalue weighted by atomic mass is 9.81. The van der Waals surface area contributed by atoms with E-state index in [1.807, 2.05) is 24.3 Å². The molecule has 1 saturated carbocycles. The average molecular weight is 607 g/mol. The molecule has 45 heavy (non-hydrogen) atoms. The molecule has 4 aromatic rings. The number of amides is 1. The van der Waals surface area contributed by atoms with Gasteiger partial charge < -0.3 is 19.7 Å². The van der Waals surface area contributed by atoms with E-state index in [0.29, 0.717) is 37.5 Å². The predicted octanol–water partition coefficient (Wildman–Crippen LogP) is 7.48. The topological polar surface area (TPSA) is 97.6 Å². The van der Waals surface area contributed by atoms with Crippen molar-refractivity contribution in [3.63, 3.8) is 0 Å². The fourth-order valence-electron chi connectivity index (χ4n) is 7.07. The summed E-state index contributed by atoms with van der Waals surface area (Å²) in [6.07, 6.45) is 9.51. The van der Waals surface area contributed by atoms with Crippen LogP contribution in [0.1, 0.15) is 90.8 Å². The van der Waals surface area contributed by atoms with Gasteiger partial charge in [-0.25, -0.2) is 0 Å². The molecule has 0 radical (unpaired) electrons. The smallest absolute Gasteiger partial charge is 0.307 e. The van der Waals surface area contributed by atoms with Crippen LogP contribution in [0.25, 0.3) is 22.2 Å². The van der Waals surface area contributed by atoms with Crippen LogP contribution in [0.2, 0.25) is 0 Å². The van der Waals surface area contributed by atoms with Crippen LogP contribution in [0.15, 0.2) is 66.7 Å². The van der Waals surface area contributed by atoms with Crippen LogP contribution >= 0.6 is 0 Å². The highest BCUT2D eigenvalue weighted by molar-refractivity contribution is 6.01. The predicted molar refractivity (Wildman–Crippen MR) is 176 cm³/mol. The number of para-hydroxylation sites is 1. The van der Waals surface area contributed by atoms with Gasteiger partial charge in [-0.05, 0) is 72.6 Å². The second-order valence-corrected chi connectivity index (χ2v) is 12.5. The Kier molecular flexibility index (Phi) is 9.63. The molecule has 234 valence electrons. The largest absolute Gasteiger partial charge is 0.491 e. The number of carbonyl (C=O) groups is 3. The molecule has 1 aliphatic carbocycles. The quantitative estimate of drug-likeness (QED) is 0.163. The Hall–Kier alpha value is -4.39. The zero-order chi connectivity index (χ0) is 31.2. The van der Waals surface area contributed by atoms with E-state index < -0.39 is 5.97 Å². The summed E-state index contributed by atoms with van der Waals surface area (Å²) in [6, 6.07) is 21.7. The third kappa shape index (κ3) is 7.14. The summed E-state index contributed by atoms with van der Waals surface area (Å²) in [4.78, 5) is 36.5. The average Bonchev–Trinajstić information content (AvgIpc) is 3.24. The number of carboxylic acid groups (broad SMARTS) is 1. The zero-order valence-electron chi connectivity index (χ0n) is 25.9. The van der Waals surface area contributed by atoms with Gasteiger partial charge in [-0.1, -0.05) is 68.1 Å². The molecule has 7 nitrogen and oxygen atoms in total. The van der Waals surface area contributed by atoms with Crippen LogP contribution in [0, 0.1) is 0 Å². The van der Waals surface area contributed by atoms with E-state index in [4.69, 9.17) is 9.84 Å². The second kappa shape index (κ2) is 14.1. The summed E-state index contributed by atoms with van der Waals surface area (Å²) in [5.41, 5.74) is 7.22. The highest BCUT2D eigenvalue weighted by Gasteiger charge is 2.29. The van der Waals surface area contributed by atoms with Gasteiger partial charge in [-0.15, -0.1) is 0 Å². The number of carboxylic acids is 1. The monoisotopic (exact) mass is 606 g/mol. The molecule has 1 aliphatic heterocycles. The first-order chi connectivity index (χ1) is 22.0. The summed E-state index contributed by atoms with van der Waals surface area (Å²) in [5.74, 6) is 0.683. The molecule has 0 unspecified atom stereocenters. The Morgan fingerprint density at radius 2 is 1.62 bits per heavy atom. The standard InChI is InChI=1S/C38H42N2O5/c41-30(23-26-14-16-27(17-15-26)24-35(42)43)11-5-2-8-20-39-38(44)29-18-19-31-33(25-29)40-21-22-45-34-13-7-6-12-32(34)37(40)36(31)28-9-3-1-4-10-28/h6-7,12-19,25,28H,1-5,8-11,20-24H2,(H,39,44)(H,42,43). The van der Waals surface area contributed by atoms with Gasteiger partial charge in [0.2, 0.25) is 0 Å². The molecule has 1 fully saturated rings. The fraction of sp³-hybridized carbons (Fsp3) is 0.395. The van der Waals surface area contributed by atoms with Crippen LogP contribution < -0.4 is 10.1 Å². The maximum atomic E-state index is 13.2. The lowest BCUT2D eigenvalue weighted by molar-refractivity contribution is -0.136. The van der Waals surface area contributed by atoms with Crippen LogP contribution in [-0.4, -0.2) is 40.5 Å². The van der Waals surface area contributed by atoms with Crippen molar-refractivity contribution in [1.29, 1.82) is 0 Å². The van der Waals surface area contributed by atoms with Gasteiger partial charge in [0.05, 0.1) is 18.7 Å². The summed E-state index contributed by atoms with van der Waals surface area (Å²) >= 11 is 0. The number of carbonyl (C=O) groups excluding carboxylic acids is 2. The van der Waals surface area contributed by atoms with Crippen molar-refractivity contribution in [3.05, 3.63) is 89.0 Å². The van der Waals surface area contributed by atoms with Gasteiger partial charge in [0.1, 0.15) is 18.1 Å². The molecule has 0 saturated heterocycles. The van der Waals surface area contributed by atoms with E-state index in [-0.39, 0.29) is 18.1 Å². The number of nitrogens with zero attached hydrogens (tertiary/aromatic N) is 1. The van der Waals surface area contributed by atoms with Crippen molar-refractivity contribution in [1.82, 2.24) is 9.88 Å². The zero-order valence-corrected chi connectivity index (χ0v) is 25.9. The Labute approximate surface area is 264 Å². The SMILES string of the molecule is O=C(O)Cc1ccc(CC(=O)CCCCCNC(=O)c2ccc3c(C4CCCCC4)c4n(c3c2)CCOc2ccccc2-4)cc1. The molecule has 6 rings (SSSR count). The summed E-state index contributed by atoms with van der Waals surface area (Å²) in [5, 5.41) is 13.2. The third-order valence-electron chi connectivity index (χ3n) is 9.29. The number of ether oxygens (including phenoxy) is 1. The van der Waals surface area contributed by atoms with E-state index >= 15 is 0 Å². The normalized spacial score (nSPS) is 14.7. The van der Waals surface area contributed by atoms with Gasteiger partial charge in [0.25, 0.3) is 5.91 Å². The van der Waals surface area contributed by atoms with Crippen LogP contribution in [0.5, 0.6) is 5.75 Å². The van der Waals surface area contributed by atoms with Crippen molar-refractivity contribution in [2.24, 2.45) is 0 Å². The number of nitrogens with one attached hydrogen (secondary N) is 1. The van der Waals surface area contributed by atoms with Crippen LogP contribution in [0.3, 0.4) is 0 Å². The van der Waals surface area contributed by atoms with Crippen molar-refractivity contribution in [3.8, 4) is 17.0 Å². The van der Waals surface area contributed by atoms with Crippen molar-refractivity contribution in [2.45, 2.75) is 83.1 Å². The van der Waals surface area contributed by atoms with Crippen molar-refractivity contribution < 1.29 is 24.2 Å². The van der Waals surface area contributed by atoms with Crippen LogP contribution in [0.4, 0.5) is 0 Å². The molecule has 7 heteroatoms. The molecule has 1 aromatic heterocycles. The lowest BCUT2D eigenvalue weighted by Crippen LogP contribution is -2.24. The Balaban J connectivity index is 1.06. The highest BCUT2D eigenvalue weighted by Crippen LogP contribution is 2.47. The number of aromatic nitrogens is 1. The van der Waals surface area contributed by atoms with Gasteiger partial charge in [0.15, 0.2) is 0 Å². The van der Waals surface area contributed by atoms with Gasteiger partial charge in [-0.3, -0.25) is 14.4 Å². The van der Waals surface area contributed by atoms with Crippen LogP contribution in [-0.2, 0) is 29.0 Å². The van der Waals surface area contributed by atoms with E-state index in [9.17, 15) is 14.4 Å². The molecule has 0 bridgehead atoms. The minimum atomic E-state index is -0.864. The number of Topliss-reactive ketones (excluding diaryl/α,β-unsaturated/α-hetero) is 1. The van der Waals surface area contributed by atoms with Gasteiger partial charge in [-0.2, -0.15) is 0 Å². The highest BCUT2D eigenvalue weighted by atomic mass is 16.5. The molecule has 2 aliphatic rings. The minimum absolute atomic E-state index is 0.0143. The Bertz CT molecular complexity index is 1680. The summed E-state index contributed by atoms with van der Waals surface area (Å²) in [7, 11) is 0. The van der Waals surface area contributed by atoms with E-state index in [0.717, 1.165) is 53.8 Å². The molecule has 0 atom stereocenters. The molecule has 2 N–H and O–H groups in total. The molecular formula is C38H42N2O5. The van der Waals surface area contributed by atoms with E-state index in [1.165, 1.54) is 48.7 Å².